The molecule has 2 N–H and O–H groups in total. The zero-order valence-corrected chi connectivity index (χ0v) is 14.3. The Morgan fingerprint density at radius 3 is 2.52 bits per heavy atom. The van der Waals surface area contributed by atoms with Gasteiger partial charge in [-0.3, -0.25) is 4.79 Å². The molecule has 128 valence electrons. The molecule has 23 heavy (non-hydrogen) atoms. The third kappa shape index (κ3) is 4.42. The number of aliphatic carboxylic acids is 1. The van der Waals surface area contributed by atoms with Crippen molar-refractivity contribution >= 4 is 21.9 Å². The van der Waals surface area contributed by atoms with E-state index in [1.807, 2.05) is 0 Å². The number of carbonyl (C=O) groups is 2. The highest BCUT2D eigenvalue weighted by molar-refractivity contribution is 7.89. The van der Waals surface area contributed by atoms with Gasteiger partial charge < -0.3 is 15.0 Å². The molecule has 0 aliphatic rings. The summed E-state index contributed by atoms with van der Waals surface area (Å²) < 4.78 is 26.5. The molecule has 0 saturated carbocycles. The number of rotatable bonds is 7. The molecular weight excluding hydrogens is 322 g/mol. The predicted molar refractivity (Wildman–Crippen MR) is 84.6 cm³/mol. The van der Waals surface area contributed by atoms with Crippen LogP contribution in [0.4, 0.5) is 0 Å². The molecule has 0 saturated heterocycles. The second kappa shape index (κ2) is 7.42. The quantitative estimate of drug-likeness (QED) is 0.698. The lowest BCUT2D eigenvalue weighted by Crippen LogP contribution is -2.41. The summed E-state index contributed by atoms with van der Waals surface area (Å²) >= 11 is 0. The van der Waals surface area contributed by atoms with E-state index in [2.05, 4.69) is 5.32 Å². The molecule has 0 bridgehead atoms. The SMILES string of the molecule is C/C=C/CC(NC(=O)c1cc(S(=O)(=O)N(C)C)cn1C)C(=O)O. The summed E-state index contributed by atoms with van der Waals surface area (Å²) in [5, 5.41) is 11.5. The highest BCUT2D eigenvalue weighted by Crippen LogP contribution is 2.16. The van der Waals surface area contributed by atoms with Crippen molar-refractivity contribution in [2.75, 3.05) is 14.1 Å². The van der Waals surface area contributed by atoms with E-state index in [1.165, 1.54) is 38.0 Å². The third-order valence-corrected chi connectivity index (χ3v) is 4.98. The van der Waals surface area contributed by atoms with Gasteiger partial charge in [0.05, 0.1) is 0 Å². The molecule has 1 rings (SSSR count). The molecule has 1 heterocycles. The molecule has 1 aromatic rings. The number of aromatic nitrogens is 1. The lowest BCUT2D eigenvalue weighted by Gasteiger charge is -2.12. The Kier molecular flexibility index (Phi) is 6.11. The van der Waals surface area contributed by atoms with Crippen LogP contribution in [0.5, 0.6) is 0 Å². The van der Waals surface area contributed by atoms with Crippen molar-refractivity contribution in [3.63, 3.8) is 0 Å². The lowest BCUT2D eigenvalue weighted by molar-refractivity contribution is -0.139. The van der Waals surface area contributed by atoms with Crippen molar-refractivity contribution in [2.24, 2.45) is 7.05 Å². The molecule has 1 atom stereocenters. The summed E-state index contributed by atoms with van der Waals surface area (Å²) in [6.45, 7) is 1.75. The van der Waals surface area contributed by atoms with Gasteiger partial charge in [0.15, 0.2) is 0 Å². The zero-order valence-electron chi connectivity index (χ0n) is 13.5. The molecule has 1 aromatic heterocycles. The third-order valence-electron chi connectivity index (χ3n) is 3.20. The molecule has 0 aromatic carbocycles. The number of hydrogen-bond donors (Lipinski definition) is 2. The summed E-state index contributed by atoms with van der Waals surface area (Å²) in [6, 6.07) is 0.140. The molecule has 9 heteroatoms. The van der Waals surface area contributed by atoms with Crippen LogP contribution in [-0.4, -0.2) is 54.4 Å². The molecule has 8 nitrogen and oxygen atoms in total. The van der Waals surface area contributed by atoms with Crippen molar-refractivity contribution in [1.29, 1.82) is 0 Å². The zero-order chi connectivity index (χ0) is 17.8. The van der Waals surface area contributed by atoms with E-state index in [4.69, 9.17) is 5.11 Å². The first kappa shape index (κ1) is 18.9. The van der Waals surface area contributed by atoms with Gasteiger partial charge in [-0.15, -0.1) is 0 Å². The van der Waals surface area contributed by atoms with Crippen molar-refractivity contribution in [3.8, 4) is 0 Å². The van der Waals surface area contributed by atoms with Crippen molar-refractivity contribution in [2.45, 2.75) is 24.3 Å². The van der Waals surface area contributed by atoms with Gasteiger partial charge in [-0.2, -0.15) is 0 Å². The fourth-order valence-electron chi connectivity index (χ4n) is 1.84. The first-order valence-corrected chi connectivity index (χ1v) is 8.29. The minimum atomic E-state index is -3.67. The molecule has 1 amide bonds. The molecule has 0 spiro atoms. The maximum atomic E-state index is 12.2. The van der Waals surface area contributed by atoms with Crippen molar-refractivity contribution < 1.29 is 23.1 Å². The van der Waals surface area contributed by atoms with Crippen LogP contribution in [0.15, 0.2) is 29.3 Å². The van der Waals surface area contributed by atoms with Crippen LogP contribution < -0.4 is 5.32 Å². The number of sulfonamides is 1. The van der Waals surface area contributed by atoms with Crippen LogP contribution in [-0.2, 0) is 21.9 Å². The number of carbonyl (C=O) groups excluding carboxylic acids is 1. The number of amides is 1. The first-order valence-electron chi connectivity index (χ1n) is 6.85. The molecule has 0 radical (unpaired) electrons. The standard InChI is InChI=1S/C14H21N3O5S/c1-5-6-7-11(14(19)20)15-13(18)12-8-10(9-17(12)4)23(21,22)16(2)3/h5-6,8-9,11H,7H2,1-4H3,(H,15,18)(H,19,20)/b6-5+. The number of nitrogens with one attached hydrogen (secondary N) is 1. The van der Waals surface area contributed by atoms with E-state index in [0.29, 0.717) is 0 Å². The van der Waals surface area contributed by atoms with Crippen LogP contribution in [0.1, 0.15) is 23.8 Å². The van der Waals surface area contributed by atoms with Crippen LogP contribution >= 0.6 is 0 Å². The van der Waals surface area contributed by atoms with Gasteiger partial charge in [0, 0.05) is 27.3 Å². The Bertz CT molecular complexity index is 719. The number of allylic oxidation sites excluding steroid dienone is 1. The van der Waals surface area contributed by atoms with Gasteiger partial charge in [0.2, 0.25) is 10.0 Å². The molecular formula is C14H21N3O5S. The highest BCUT2D eigenvalue weighted by atomic mass is 32.2. The normalized spacial score (nSPS) is 13.4. The van der Waals surface area contributed by atoms with Crippen molar-refractivity contribution in [3.05, 3.63) is 30.1 Å². The van der Waals surface area contributed by atoms with Gasteiger partial charge in [0.25, 0.3) is 5.91 Å². The van der Waals surface area contributed by atoms with Crippen LogP contribution in [0.2, 0.25) is 0 Å². The molecule has 0 fully saturated rings. The summed E-state index contributed by atoms with van der Waals surface area (Å²) in [5.41, 5.74) is 0.0668. The fourth-order valence-corrected chi connectivity index (χ4v) is 2.81. The van der Waals surface area contributed by atoms with Crippen LogP contribution in [0.3, 0.4) is 0 Å². The van der Waals surface area contributed by atoms with E-state index >= 15 is 0 Å². The second-order valence-electron chi connectivity index (χ2n) is 5.13. The van der Waals surface area contributed by atoms with Gasteiger partial charge in [0.1, 0.15) is 16.6 Å². The predicted octanol–water partition coefficient (Wildman–Crippen LogP) is 0.425. The summed E-state index contributed by atoms with van der Waals surface area (Å²) in [4.78, 5) is 23.3. The number of carboxylic acids is 1. The first-order chi connectivity index (χ1) is 10.6. The maximum Gasteiger partial charge on any atom is 0.326 e. The largest absolute Gasteiger partial charge is 0.480 e. The second-order valence-corrected chi connectivity index (χ2v) is 7.28. The van der Waals surface area contributed by atoms with Crippen LogP contribution in [0.25, 0.3) is 0 Å². The van der Waals surface area contributed by atoms with E-state index in [-0.39, 0.29) is 17.0 Å². The van der Waals surface area contributed by atoms with Gasteiger partial charge >= 0.3 is 5.97 Å². The average Bonchev–Trinajstić information content (AvgIpc) is 2.85. The van der Waals surface area contributed by atoms with E-state index in [9.17, 15) is 18.0 Å². The maximum absolute atomic E-state index is 12.2. The van der Waals surface area contributed by atoms with Crippen molar-refractivity contribution in [1.82, 2.24) is 14.2 Å². The van der Waals surface area contributed by atoms with Gasteiger partial charge in [-0.1, -0.05) is 12.2 Å². The lowest BCUT2D eigenvalue weighted by atomic mass is 10.2. The Morgan fingerprint density at radius 1 is 1.43 bits per heavy atom. The topological polar surface area (TPSA) is 109 Å². The van der Waals surface area contributed by atoms with Crippen LogP contribution in [0, 0.1) is 0 Å². The summed E-state index contributed by atoms with van der Waals surface area (Å²) in [7, 11) is 0.630. The Balaban J connectivity index is 3.05. The molecule has 0 aliphatic heterocycles. The number of aryl methyl sites for hydroxylation is 1. The smallest absolute Gasteiger partial charge is 0.326 e. The fraction of sp³-hybridized carbons (Fsp3) is 0.429. The van der Waals surface area contributed by atoms with E-state index < -0.39 is 27.9 Å². The molecule has 1 unspecified atom stereocenters. The van der Waals surface area contributed by atoms with Gasteiger partial charge in [-0.25, -0.2) is 17.5 Å². The van der Waals surface area contributed by atoms with E-state index in [0.717, 1.165) is 4.31 Å². The Hall–Kier alpha value is -2.13. The summed E-state index contributed by atoms with van der Waals surface area (Å²) in [5.74, 6) is -1.81. The highest BCUT2D eigenvalue weighted by Gasteiger charge is 2.25. The molecule has 0 aliphatic carbocycles. The average molecular weight is 343 g/mol. The number of hydrogen-bond acceptors (Lipinski definition) is 4. The Labute approximate surface area is 135 Å². The van der Waals surface area contributed by atoms with Gasteiger partial charge in [-0.05, 0) is 19.4 Å². The summed E-state index contributed by atoms with van der Waals surface area (Å²) in [6.07, 6.45) is 4.77. The minimum Gasteiger partial charge on any atom is -0.480 e. The Morgan fingerprint density at radius 2 is 2.04 bits per heavy atom. The number of nitrogens with zero attached hydrogens (tertiary/aromatic N) is 2. The minimum absolute atomic E-state index is 0.0320. The van der Waals surface area contributed by atoms with E-state index in [1.54, 1.807) is 19.1 Å². The number of carboxylic acid groups (broad SMARTS) is 1. The monoisotopic (exact) mass is 343 g/mol.